The fraction of sp³-hybridized carbons (Fsp3) is 0.400. The molecular formula is C5H8N4O2. The number of nitrogens with zero attached hydrogens (tertiary/aromatic N) is 4. The number of hydroxylamine groups is 1. The molecule has 0 aliphatic rings. The van der Waals surface area contributed by atoms with Crippen LogP contribution in [0, 0.1) is 0 Å². The number of hydrogen-bond acceptors (Lipinski definition) is 6. The lowest BCUT2D eigenvalue weighted by atomic mass is 10.7. The standard InChI is InChI=1S/C5H8N4O2/c10-2-1-9(11)5-7-3-6-4-8-5/h3-4,10-11H,1-2H2. The Morgan fingerprint density at radius 2 is 2.00 bits per heavy atom. The minimum Gasteiger partial charge on any atom is -0.394 e. The predicted octanol–water partition coefficient (Wildman–Crippen LogP) is -0.941. The van der Waals surface area contributed by atoms with Crippen molar-refractivity contribution in [3.63, 3.8) is 0 Å². The quantitative estimate of drug-likeness (QED) is 0.549. The number of aromatic nitrogens is 3. The van der Waals surface area contributed by atoms with Crippen LogP contribution in [-0.4, -0.2) is 38.4 Å². The van der Waals surface area contributed by atoms with Crippen molar-refractivity contribution in [2.75, 3.05) is 18.2 Å². The van der Waals surface area contributed by atoms with Crippen molar-refractivity contribution in [1.82, 2.24) is 15.0 Å². The summed E-state index contributed by atoms with van der Waals surface area (Å²) >= 11 is 0. The van der Waals surface area contributed by atoms with Crippen molar-refractivity contribution in [2.45, 2.75) is 0 Å². The van der Waals surface area contributed by atoms with E-state index >= 15 is 0 Å². The molecule has 0 saturated heterocycles. The second-order valence-electron chi connectivity index (χ2n) is 1.78. The van der Waals surface area contributed by atoms with Gasteiger partial charge in [0.05, 0.1) is 13.2 Å². The first-order valence-electron chi connectivity index (χ1n) is 3.04. The van der Waals surface area contributed by atoms with Crippen molar-refractivity contribution >= 4 is 5.95 Å². The topological polar surface area (TPSA) is 82.4 Å². The van der Waals surface area contributed by atoms with E-state index in [-0.39, 0.29) is 19.1 Å². The zero-order valence-corrected chi connectivity index (χ0v) is 5.75. The third kappa shape index (κ3) is 2.10. The third-order valence-electron chi connectivity index (χ3n) is 1.02. The first-order chi connectivity index (χ1) is 5.34. The second-order valence-corrected chi connectivity index (χ2v) is 1.78. The van der Waals surface area contributed by atoms with Gasteiger partial charge < -0.3 is 5.11 Å². The Hall–Kier alpha value is -1.27. The molecule has 6 heteroatoms. The third-order valence-corrected chi connectivity index (χ3v) is 1.02. The first kappa shape index (κ1) is 7.83. The van der Waals surface area contributed by atoms with Crippen LogP contribution in [0.15, 0.2) is 12.7 Å². The lowest BCUT2D eigenvalue weighted by Gasteiger charge is -2.10. The minimum atomic E-state index is -0.151. The van der Waals surface area contributed by atoms with Gasteiger partial charge in [-0.25, -0.2) is 10.0 Å². The smallest absolute Gasteiger partial charge is 0.252 e. The molecule has 0 amide bonds. The van der Waals surface area contributed by atoms with Crippen LogP contribution >= 0.6 is 0 Å². The van der Waals surface area contributed by atoms with Gasteiger partial charge in [0, 0.05) is 0 Å². The molecule has 6 nitrogen and oxygen atoms in total. The van der Waals surface area contributed by atoms with E-state index in [1.807, 2.05) is 0 Å². The molecule has 60 valence electrons. The Labute approximate surface area is 63.1 Å². The average molecular weight is 156 g/mol. The van der Waals surface area contributed by atoms with Gasteiger partial charge in [0.15, 0.2) is 0 Å². The summed E-state index contributed by atoms with van der Waals surface area (Å²) in [5.41, 5.74) is 0. The molecular weight excluding hydrogens is 148 g/mol. The highest BCUT2D eigenvalue weighted by atomic mass is 16.5. The lowest BCUT2D eigenvalue weighted by Crippen LogP contribution is -2.24. The van der Waals surface area contributed by atoms with Crippen LogP contribution in [0.4, 0.5) is 5.95 Å². The van der Waals surface area contributed by atoms with Gasteiger partial charge in [-0.05, 0) is 0 Å². The summed E-state index contributed by atoms with van der Waals surface area (Å²) in [5.74, 6) is 0.133. The van der Waals surface area contributed by atoms with Crippen LogP contribution in [0.25, 0.3) is 0 Å². The van der Waals surface area contributed by atoms with Crippen molar-refractivity contribution < 1.29 is 10.3 Å². The van der Waals surface area contributed by atoms with E-state index in [1.54, 1.807) is 0 Å². The van der Waals surface area contributed by atoms with E-state index < -0.39 is 0 Å². The summed E-state index contributed by atoms with van der Waals surface area (Å²) in [4.78, 5) is 10.8. The van der Waals surface area contributed by atoms with Crippen molar-refractivity contribution in [1.29, 1.82) is 0 Å². The van der Waals surface area contributed by atoms with Crippen molar-refractivity contribution in [2.24, 2.45) is 0 Å². The Kier molecular flexibility index (Phi) is 2.70. The molecule has 0 saturated carbocycles. The maximum absolute atomic E-state index is 9.04. The Morgan fingerprint density at radius 3 is 2.55 bits per heavy atom. The van der Waals surface area contributed by atoms with E-state index in [1.165, 1.54) is 12.7 Å². The fourth-order valence-corrected chi connectivity index (χ4v) is 0.561. The normalized spacial score (nSPS) is 9.64. The van der Waals surface area contributed by atoms with Crippen molar-refractivity contribution in [3.8, 4) is 0 Å². The van der Waals surface area contributed by atoms with Gasteiger partial charge in [-0.3, -0.25) is 5.21 Å². The molecule has 0 aromatic carbocycles. The van der Waals surface area contributed by atoms with Crippen LogP contribution < -0.4 is 5.06 Å². The molecule has 0 unspecified atom stereocenters. The second kappa shape index (κ2) is 3.79. The van der Waals surface area contributed by atoms with E-state index in [0.29, 0.717) is 0 Å². The SMILES string of the molecule is OCCN(O)c1ncncn1. The predicted molar refractivity (Wildman–Crippen MR) is 36.0 cm³/mol. The molecule has 11 heavy (non-hydrogen) atoms. The number of anilines is 1. The molecule has 2 N–H and O–H groups in total. The molecule has 0 radical (unpaired) electrons. The Morgan fingerprint density at radius 1 is 1.36 bits per heavy atom. The van der Waals surface area contributed by atoms with E-state index in [9.17, 15) is 0 Å². The molecule has 0 fully saturated rings. The number of aliphatic hydroxyl groups excluding tert-OH is 1. The van der Waals surface area contributed by atoms with Gasteiger partial charge in [-0.2, -0.15) is 9.97 Å². The van der Waals surface area contributed by atoms with Crippen LogP contribution in [0.2, 0.25) is 0 Å². The highest BCUT2D eigenvalue weighted by molar-refractivity contribution is 5.20. The monoisotopic (exact) mass is 156 g/mol. The van der Waals surface area contributed by atoms with E-state index in [2.05, 4.69) is 15.0 Å². The van der Waals surface area contributed by atoms with Crippen LogP contribution in [-0.2, 0) is 0 Å². The highest BCUT2D eigenvalue weighted by Crippen LogP contribution is 1.97. The Balaban J connectivity index is 2.61. The van der Waals surface area contributed by atoms with Gasteiger partial charge in [0.25, 0.3) is 5.95 Å². The van der Waals surface area contributed by atoms with Gasteiger partial charge in [-0.15, -0.1) is 0 Å². The zero-order valence-electron chi connectivity index (χ0n) is 5.75. The van der Waals surface area contributed by atoms with Crippen LogP contribution in [0.3, 0.4) is 0 Å². The maximum Gasteiger partial charge on any atom is 0.252 e. The summed E-state index contributed by atoms with van der Waals surface area (Å²) in [6.45, 7) is -0.0633. The molecule has 0 bridgehead atoms. The van der Waals surface area contributed by atoms with Crippen LogP contribution in [0.5, 0.6) is 0 Å². The fourth-order valence-electron chi connectivity index (χ4n) is 0.561. The summed E-state index contributed by atoms with van der Waals surface area (Å²) in [7, 11) is 0. The lowest BCUT2D eigenvalue weighted by molar-refractivity contribution is 0.205. The number of rotatable bonds is 3. The molecule has 1 aromatic rings. The van der Waals surface area contributed by atoms with Gasteiger partial charge in [-0.1, -0.05) is 0 Å². The van der Waals surface area contributed by atoms with Gasteiger partial charge in [0.1, 0.15) is 12.7 Å². The van der Waals surface area contributed by atoms with E-state index in [0.717, 1.165) is 5.06 Å². The first-order valence-corrected chi connectivity index (χ1v) is 3.04. The molecule has 0 atom stereocenters. The molecule has 1 rings (SSSR count). The summed E-state index contributed by atoms with van der Waals surface area (Å²) in [6, 6.07) is 0. The van der Waals surface area contributed by atoms with Crippen LogP contribution in [0.1, 0.15) is 0 Å². The summed E-state index contributed by atoms with van der Waals surface area (Å²) < 4.78 is 0. The van der Waals surface area contributed by atoms with E-state index in [4.69, 9.17) is 10.3 Å². The molecule has 1 heterocycles. The van der Waals surface area contributed by atoms with Gasteiger partial charge >= 0.3 is 0 Å². The summed E-state index contributed by atoms with van der Waals surface area (Å²) in [6.07, 6.45) is 2.53. The molecule has 0 spiro atoms. The number of aliphatic hydroxyl groups is 1. The zero-order chi connectivity index (χ0) is 8.10. The molecule has 1 aromatic heterocycles. The number of hydrogen-bond donors (Lipinski definition) is 2. The van der Waals surface area contributed by atoms with Gasteiger partial charge in [0.2, 0.25) is 0 Å². The summed E-state index contributed by atoms with van der Waals surface area (Å²) in [5, 5.41) is 18.2. The average Bonchev–Trinajstić information content (AvgIpc) is 2.07. The molecule has 0 aliphatic heterocycles. The maximum atomic E-state index is 9.04. The van der Waals surface area contributed by atoms with Crippen molar-refractivity contribution in [3.05, 3.63) is 12.7 Å². The Bertz CT molecular complexity index is 205. The molecule has 0 aliphatic carbocycles. The minimum absolute atomic E-state index is 0.0873. The highest BCUT2D eigenvalue weighted by Gasteiger charge is 2.02. The largest absolute Gasteiger partial charge is 0.394 e.